The monoisotopic (exact) mass is 460 g/mol. The standard InChI is InChI=1S/C22H18Cl2N2O3S/c23-19-10-8-17(14-20(19)24)25-30(28,29)18-9-11-21-16(13-18)7-4-12-26(21)22(27)15-5-2-1-3-6-15/h1-3,5-6,8-11,13-14,25H,4,7,12H2. The highest BCUT2D eigenvalue weighted by Gasteiger charge is 2.25. The van der Waals surface area contributed by atoms with E-state index in [9.17, 15) is 13.2 Å². The van der Waals surface area contributed by atoms with Crippen LogP contribution in [-0.2, 0) is 16.4 Å². The fraction of sp³-hybridized carbons (Fsp3) is 0.136. The summed E-state index contributed by atoms with van der Waals surface area (Å²) >= 11 is 11.9. The lowest BCUT2D eigenvalue weighted by molar-refractivity contribution is 0.0985. The van der Waals surface area contributed by atoms with E-state index in [4.69, 9.17) is 23.2 Å². The number of rotatable bonds is 4. The average molecular weight is 461 g/mol. The minimum Gasteiger partial charge on any atom is -0.308 e. The molecule has 30 heavy (non-hydrogen) atoms. The fourth-order valence-electron chi connectivity index (χ4n) is 3.46. The third kappa shape index (κ3) is 4.17. The molecule has 0 aromatic heterocycles. The van der Waals surface area contributed by atoms with Crippen LogP contribution < -0.4 is 9.62 Å². The number of nitrogens with one attached hydrogen (secondary N) is 1. The first-order valence-corrected chi connectivity index (χ1v) is 11.6. The predicted molar refractivity (Wildman–Crippen MR) is 120 cm³/mol. The largest absolute Gasteiger partial charge is 0.308 e. The molecule has 0 saturated heterocycles. The molecule has 1 heterocycles. The number of hydrogen-bond acceptors (Lipinski definition) is 3. The Bertz CT molecular complexity index is 1210. The third-order valence-corrected chi connectivity index (χ3v) is 7.04. The summed E-state index contributed by atoms with van der Waals surface area (Å²) in [5.74, 6) is -0.0962. The second-order valence-corrected chi connectivity index (χ2v) is 9.45. The van der Waals surface area contributed by atoms with Crippen molar-refractivity contribution in [1.82, 2.24) is 0 Å². The van der Waals surface area contributed by atoms with Crippen LogP contribution in [0.3, 0.4) is 0 Å². The zero-order valence-electron chi connectivity index (χ0n) is 15.8. The van der Waals surface area contributed by atoms with Crippen molar-refractivity contribution in [3.8, 4) is 0 Å². The van der Waals surface area contributed by atoms with Crippen molar-refractivity contribution in [2.24, 2.45) is 0 Å². The molecule has 0 atom stereocenters. The molecule has 0 bridgehead atoms. The summed E-state index contributed by atoms with van der Waals surface area (Å²) in [7, 11) is -3.82. The van der Waals surface area contributed by atoms with Gasteiger partial charge in [0, 0.05) is 17.8 Å². The van der Waals surface area contributed by atoms with E-state index in [1.54, 1.807) is 35.2 Å². The minimum absolute atomic E-state index is 0.0962. The molecule has 8 heteroatoms. The van der Waals surface area contributed by atoms with Gasteiger partial charge in [0.15, 0.2) is 0 Å². The zero-order chi connectivity index (χ0) is 21.3. The summed E-state index contributed by atoms with van der Waals surface area (Å²) in [6.45, 7) is 0.592. The molecule has 1 N–H and O–H groups in total. The second-order valence-electron chi connectivity index (χ2n) is 6.95. The lowest BCUT2D eigenvalue weighted by Crippen LogP contribution is -2.35. The van der Waals surface area contributed by atoms with Gasteiger partial charge in [-0.25, -0.2) is 8.42 Å². The first-order valence-electron chi connectivity index (χ1n) is 9.33. The van der Waals surface area contributed by atoms with Crippen molar-refractivity contribution < 1.29 is 13.2 Å². The molecule has 3 aromatic carbocycles. The van der Waals surface area contributed by atoms with Crippen LogP contribution >= 0.6 is 23.2 Å². The molecule has 0 spiro atoms. The van der Waals surface area contributed by atoms with E-state index in [2.05, 4.69) is 4.72 Å². The third-order valence-electron chi connectivity index (χ3n) is 4.92. The van der Waals surface area contributed by atoms with Crippen LogP contribution in [0.15, 0.2) is 71.6 Å². The van der Waals surface area contributed by atoms with Gasteiger partial charge in [0.1, 0.15) is 0 Å². The van der Waals surface area contributed by atoms with Crippen molar-refractivity contribution in [3.05, 3.63) is 87.9 Å². The maximum absolute atomic E-state index is 12.9. The maximum Gasteiger partial charge on any atom is 0.261 e. The molecule has 0 saturated carbocycles. The van der Waals surface area contributed by atoms with Gasteiger partial charge in [0.05, 0.1) is 20.6 Å². The number of benzene rings is 3. The molecule has 5 nitrogen and oxygen atoms in total. The molecule has 154 valence electrons. The maximum atomic E-state index is 12.9. The molecule has 0 fully saturated rings. The van der Waals surface area contributed by atoms with E-state index >= 15 is 0 Å². The molecule has 0 aliphatic carbocycles. The number of anilines is 2. The van der Waals surface area contributed by atoms with E-state index in [0.29, 0.717) is 29.2 Å². The molecular formula is C22H18Cl2N2O3S. The van der Waals surface area contributed by atoms with Gasteiger partial charge >= 0.3 is 0 Å². The van der Waals surface area contributed by atoms with Gasteiger partial charge in [-0.1, -0.05) is 41.4 Å². The topological polar surface area (TPSA) is 66.5 Å². The number of carbonyl (C=O) groups excluding carboxylic acids is 1. The quantitative estimate of drug-likeness (QED) is 0.567. The van der Waals surface area contributed by atoms with Crippen molar-refractivity contribution in [1.29, 1.82) is 0 Å². The SMILES string of the molecule is O=C(c1ccccc1)N1CCCc2cc(S(=O)(=O)Nc3ccc(Cl)c(Cl)c3)ccc21. The molecule has 0 unspecified atom stereocenters. The molecule has 1 amide bonds. The van der Waals surface area contributed by atoms with Gasteiger partial charge in [-0.15, -0.1) is 0 Å². The van der Waals surface area contributed by atoms with Crippen LogP contribution in [0.2, 0.25) is 10.0 Å². The minimum atomic E-state index is -3.82. The highest BCUT2D eigenvalue weighted by atomic mass is 35.5. The van der Waals surface area contributed by atoms with Crippen LogP contribution in [0.5, 0.6) is 0 Å². The Morgan fingerprint density at radius 3 is 2.43 bits per heavy atom. The van der Waals surface area contributed by atoms with Crippen molar-refractivity contribution in [3.63, 3.8) is 0 Å². The van der Waals surface area contributed by atoms with Gasteiger partial charge in [0.25, 0.3) is 15.9 Å². The number of amides is 1. The number of nitrogens with zero attached hydrogens (tertiary/aromatic N) is 1. The number of aryl methyl sites for hydroxylation is 1. The zero-order valence-corrected chi connectivity index (χ0v) is 18.1. The van der Waals surface area contributed by atoms with Gasteiger partial charge in [0.2, 0.25) is 0 Å². The number of fused-ring (bicyclic) bond motifs is 1. The smallest absolute Gasteiger partial charge is 0.261 e. The fourth-order valence-corrected chi connectivity index (χ4v) is 4.86. The molecule has 0 radical (unpaired) electrons. The van der Waals surface area contributed by atoms with Crippen LogP contribution in [0.25, 0.3) is 0 Å². The average Bonchev–Trinajstić information content (AvgIpc) is 2.75. The Hall–Kier alpha value is -2.54. The summed E-state index contributed by atoms with van der Waals surface area (Å²) in [4.78, 5) is 14.7. The number of halogens is 2. The van der Waals surface area contributed by atoms with Crippen LogP contribution in [0.1, 0.15) is 22.3 Å². The summed E-state index contributed by atoms with van der Waals surface area (Å²) in [5, 5.41) is 0.606. The van der Waals surface area contributed by atoms with E-state index in [1.807, 2.05) is 18.2 Å². The molecule has 1 aliphatic heterocycles. The van der Waals surface area contributed by atoms with Crippen molar-refractivity contribution in [2.45, 2.75) is 17.7 Å². The molecule has 4 rings (SSSR count). The Balaban J connectivity index is 1.63. The van der Waals surface area contributed by atoms with Gasteiger partial charge < -0.3 is 4.90 Å². The molecule has 3 aromatic rings. The van der Waals surface area contributed by atoms with Crippen LogP contribution in [0, 0.1) is 0 Å². The van der Waals surface area contributed by atoms with E-state index in [0.717, 1.165) is 17.7 Å². The highest BCUT2D eigenvalue weighted by Crippen LogP contribution is 2.32. The van der Waals surface area contributed by atoms with Gasteiger partial charge in [-0.2, -0.15) is 0 Å². The van der Waals surface area contributed by atoms with Crippen LogP contribution in [0.4, 0.5) is 11.4 Å². The van der Waals surface area contributed by atoms with Crippen LogP contribution in [-0.4, -0.2) is 20.9 Å². The lowest BCUT2D eigenvalue weighted by atomic mass is 10.0. The van der Waals surface area contributed by atoms with Crippen molar-refractivity contribution in [2.75, 3.05) is 16.2 Å². The normalized spacial score (nSPS) is 13.6. The van der Waals surface area contributed by atoms with Crippen molar-refractivity contribution >= 4 is 50.5 Å². The first-order chi connectivity index (χ1) is 14.3. The number of hydrogen-bond donors (Lipinski definition) is 1. The molecule has 1 aliphatic rings. The van der Waals surface area contributed by atoms with Gasteiger partial charge in [-0.05, 0) is 66.9 Å². The Morgan fingerprint density at radius 1 is 0.933 bits per heavy atom. The summed E-state index contributed by atoms with van der Waals surface area (Å²) < 4.78 is 28.2. The first kappa shape index (κ1) is 20.7. The Kier molecular flexibility index (Phi) is 5.73. The van der Waals surface area contributed by atoms with E-state index in [1.165, 1.54) is 18.2 Å². The number of sulfonamides is 1. The predicted octanol–water partition coefficient (Wildman–Crippen LogP) is 5.39. The lowest BCUT2D eigenvalue weighted by Gasteiger charge is -2.30. The second kappa shape index (κ2) is 8.30. The Morgan fingerprint density at radius 2 is 1.70 bits per heavy atom. The molecular weight excluding hydrogens is 443 g/mol. The highest BCUT2D eigenvalue weighted by molar-refractivity contribution is 7.92. The Labute approximate surface area is 185 Å². The summed E-state index contributed by atoms with van der Waals surface area (Å²) in [5.41, 5.74) is 2.48. The van der Waals surface area contributed by atoms with Gasteiger partial charge in [-0.3, -0.25) is 9.52 Å². The number of carbonyl (C=O) groups is 1. The van der Waals surface area contributed by atoms with E-state index in [-0.39, 0.29) is 15.8 Å². The summed E-state index contributed by atoms with van der Waals surface area (Å²) in [6.07, 6.45) is 1.46. The van der Waals surface area contributed by atoms with E-state index < -0.39 is 10.0 Å². The summed E-state index contributed by atoms with van der Waals surface area (Å²) in [6, 6.07) is 18.4.